The molecule has 13 heavy (non-hydrogen) atoms. The fourth-order valence-corrected chi connectivity index (χ4v) is 1.26. The van der Waals surface area contributed by atoms with Crippen LogP contribution in [0.5, 0.6) is 5.75 Å². The van der Waals surface area contributed by atoms with Crippen LogP contribution in [0.15, 0.2) is 28.7 Å². The van der Waals surface area contributed by atoms with Crippen molar-refractivity contribution >= 4 is 17.3 Å². The minimum Gasteiger partial charge on any atom is -0.508 e. The molecule has 66 valence electrons. The molecule has 0 atom stereocenters. The fourth-order valence-electron chi connectivity index (χ4n) is 1.26. The summed E-state index contributed by atoms with van der Waals surface area (Å²) in [5.41, 5.74) is 0.608. The second kappa shape index (κ2) is 2.94. The maximum atomic E-state index is 10.2. The highest BCUT2D eigenvalue weighted by atomic mass is 16.3. The SMILES string of the molecule is O=CCc1cc2ccc(O)cc2o1. The smallest absolute Gasteiger partial charge is 0.137 e. The molecule has 0 radical (unpaired) electrons. The summed E-state index contributed by atoms with van der Waals surface area (Å²) in [6.45, 7) is 0. The lowest BCUT2D eigenvalue weighted by atomic mass is 10.2. The van der Waals surface area contributed by atoms with Crippen LogP contribution < -0.4 is 0 Å². The molecular weight excluding hydrogens is 168 g/mol. The normalized spacial score (nSPS) is 10.5. The van der Waals surface area contributed by atoms with Crippen molar-refractivity contribution in [1.82, 2.24) is 0 Å². The number of carbonyl (C=O) groups is 1. The number of furan rings is 1. The highest BCUT2D eigenvalue weighted by Gasteiger charge is 2.03. The molecular formula is C10H8O3. The Morgan fingerprint density at radius 2 is 2.23 bits per heavy atom. The summed E-state index contributed by atoms with van der Waals surface area (Å²) < 4.78 is 5.30. The standard InChI is InChI=1S/C10H8O3/c11-4-3-9-5-7-1-2-8(12)6-10(7)13-9/h1-2,4-6,12H,3H2. The average molecular weight is 176 g/mol. The molecule has 0 saturated heterocycles. The zero-order chi connectivity index (χ0) is 9.26. The number of carbonyl (C=O) groups excluding carboxylic acids is 1. The van der Waals surface area contributed by atoms with Crippen LogP contribution in [0.25, 0.3) is 11.0 Å². The molecule has 0 fully saturated rings. The second-order valence-electron chi connectivity index (χ2n) is 2.81. The Morgan fingerprint density at radius 1 is 1.38 bits per heavy atom. The highest BCUT2D eigenvalue weighted by Crippen LogP contribution is 2.23. The summed E-state index contributed by atoms with van der Waals surface area (Å²) in [6.07, 6.45) is 1.06. The van der Waals surface area contributed by atoms with Crippen molar-refractivity contribution in [3.05, 3.63) is 30.0 Å². The molecule has 0 aliphatic carbocycles. The van der Waals surface area contributed by atoms with E-state index in [4.69, 9.17) is 9.52 Å². The number of fused-ring (bicyclic) bond motifs is 1. The molecule has 1 N–H and O–H groups in total. The van der Waals surface area contributed by atoms with E-state index in [-0.39, 0.29) is 12.2 Å². The first-order chi connectivity index (χ1) is 6.29. The van der Waals surface area contributed by atoms with E-state index in [2.05, 4.69) is 0 Å². The minimum absolute atomic E-state index is 0.166. The van der Waals surface area contributed by atoms with Crippen LogP contribution in [-0.2, 0) is 11.2 Å². The average Bonchev–Trinajstić information content (AvgIpc) is 2.46. The fraction of sp³-hybridized carbons (Fsp3) is 0.100. The van der Waals surface area contributed by atoms with Gasteiger partial charge in [-0.2, -0.15) is 0 Å². The van der Waals surface area contributed by atoms with Gasteiger partial charge in [-0.05, 0) is 18.2 Å². The maximum Gasteiger partial charge on any atom is 0.137 e. The summed E-state index contributed by atoms with van der Waals surface area (Å²) in [5, 5.41) is 10.0. The third-order valence-electron chi connectivity index (χ3n) is 1.84. The van der Waals surface area contributed by atoms with Crippen molar-refractivity contribution in [1.29, 1.82) is 0 Å². The Bertz CT molecular complexity index is 442. The van der Waals surface area contributed by atoms with Gasteiger partial charge in [0.15, 0.2) is 0 Å². The molecule has 1 aromatic heterocycles. The van der Waals surface area contributed by atoms with E-state index < -0.39 is 0 Å². The van der Waals surface area contributed by atoms with Gasteiger partial charge in [0, 0.05) is 11.5 Å². The van der Waals surface area contributed by atoms with E-state index in [9.17, 15) is 4.79 Å². The third kappa shape index (κ3) is 1.40. The Balaban J connectivity index is 2.55. The molecule has 3 heteroatoms. The number of aldehydes is 1. The maximum absolute atomic E-state index is 10.2. The van der Waals surface area contributed by atoms with E-state index in [0.717, 1.165) is 11.7 Å². The molecule has 0 unspecified atom stereocenters. The van der Waals surface area contributed by atoms with Crippen molar-refractivity contribution in [3.63, 3.8) is 0 Å². The molecule has 1 heterocycles. The van der Waals surface area contributed by atoms with Crippen LogP contribution >= 0.6 is 0 Å². The summed E-state index contributed by atoms with van der Waals surface area (Å²) >= 11 is 0. The summed E-state index contributed by atoms with van der Waals surface area (Å²) in [5.74, 6) is 0.787. The predicted molar refractivity (Wildman–Crippen MR) is 47.6 cm³/mol. The molecule has 1 aromatic carbocycles. The van der Waals surface area contributed by atoms with Gasteiger partial charge in [0.1, 0.15) is 23.4 Å². The van der Waals surface area contributed by atoms with Gasteiger partial charge in [0.2, 0.25) is 0 Å². The quantitative estimate of drug-likeness (QED) is 0.710. The molecule has 0 bridgehead atoms. The number of rotatable bonds is 2. The van der Waals surface area contributed by atoms with Crippen molar-refractivity contribution in [3.8, 4) is 5.75 Å². The second-order valence-corrected chi connectivity index (χ2v) is 2.81. The molecule has 2 aromatic rings. The van der Waals surface area contributed by atoms with Gasteiger partial charge in [-0.3, -0.25) is 0 Å². The number of hydrogen-bond acceptors (Lipinski definition) is 3. The molecule has 0 aliphatic heterocycles. The van der Waals surface area contributed by atoms with E-state index in [1.54, 1.807) is 18.2 Å². The van der Waals surface area contributed by atoms with Gasteiger partial charge in [-0.15, -0.1) is 0 Å². The molecule has 0 spiro atoms. The lowest BCUT2D eigenvalue weighted by Crippen LogP contribution is -1.78. The van der Waals surface area contributed by atoms with E-state index >= 15 is 0 Å². The number of hydrogen-bond donors (Lipinski definition) is 1. The lowest BCUT2D eigenvalue weighted by Gasteiger charge is -1.88. The van der Waals surface area contributed by atoms with Crippen molar-refractivity contribution < 1.29 is 14.3 Å². The van der Waals surface area contributed by atoms with Gasteiger partial charge in [0.25, 0.3) is 0 Å². The van der Waals surface area contributed by atoms with Crippen LogP contribution in [0.2, 0.25) is 0 Å². The van der Waals surface area contributed by atoms with Crippen molar-refractivity contribution in [2.24, 2.45) is 0 Å². The van der Waals surface area contributed by atoms with Crippen molar-refractivity contribution in [2.45, 2.75) is 6.42 Å². The Labute approximate surface area is 74.6 Å². The third-order valence-corrected chi connectivity index (χ3v) is 1.84. The summed E-state index contributed by atoms with van der Waals surface area (Å²) in [7, 11) is 0. The van der Waals surface area contributed by atoms with Gasteiger partial charge in [0.05, 0.1) is 6.42 Å². The lowest BCUT2D eigenvalue weighted by molar-refractivity contribution is -0.107. The zero-order valence-electron chi connectivity index (χ0n) is 6.86. The molecule has 3 nitrogen and oxygen atoms in total. The minimum atomic E-state index is 0.166. The van der Waals surface area contributed by atoms with E-state index in [1.165, 1.54) is 6.07 Å². The molecule has 0 amide bonds. The van der Waals surface area contributed by atoms with Crippen LogP contribution in [0.1, 0.15) is 5.76 Å². The predicted octanol–water partition coefficient (Wildman–Crippen LogP) is 1.88. The van der Waals surface area contributed by atoms with Crippen LogP contribution in [0, 0.1) is 0 Å². The summed E-state index contributed by atoms with van der Waals surface area (Å²) in [4.78, 5) is 10.2. The summed E-state index contributed by atoms with van der Waals surface area (Å²) in [6, 6.07) is 6.66. The molecule has 0 saturated carbocycles. The Kier molecular flexibility index (Phi) is 1.77. The first-order valence-electron chi connectivity index (χ1n) is 3.94. The topological polar surface area (TPSA) is 50.4 Å². The monoisotopic (exact) mass is 176 g/mol. The van der Waals surface area contributed by atoms with Gasteiger partial charge < -0.3 is 14.3 Å². The van der Waals surface area contributed by atoms with Gasteiger partial charge in [-0.25, -0.2) is 0 Å². The first-order valence-corrected chi connectivity index (χ1v) is 3.94. The number of benzene rings is 1. The highest BCUT2D eigenvalue weighted by molar-refractivity contribution is 5.79. The van der Waals surface area contributed by atoms with Crippen molar-refractivity contribution in [2.75, 3.05) is 0 Å². The Morgan fingerprint density at radius 3 is 3.00 bits per heavy atom. The largest absolute Gasteiger partial charge is 0.508 e. The molecule has 2 rings (SSSR count). The first kappa shape index (κ1) is 7.86. The molecule has 0 aliphatic rings. The van der Waals surface area contributed by atoms with Crippen LogP contribution in [-0.4, -0.2) is 11.4 Å². The van der Waals surface area contributed by atoms with E-state index in [1.807, 2.05) is 0 Å². The van der Waals surface area contributed by atoms with Gasteiger partial charge in [-0.1, -0.05) is 0 Å². The van der Waals surface area contributed by atoms with E-state index in [0.29, 0.717) is 11.3 Å². The van der Waals surface area contributed by atoms with Crippen LogP contribution in [0.4, 0.5) is 0 Å². The zero-order valence-corrected chi connectivity index (χ0v) is 6.86. The number of phenols is 1. The number of aromatic hydroxyl groups is 1. The number of phenolic OH excluding ortho intramolecular Hbond substituents is 1. The van der Waals surface area contributed by atoms with Gasteiger partial charge >= 0.3 is 0 Å². The van der Waals surface area contributed by atoms with Crippen LogP contribution in [0.3, 0.4) is 0 Å². The Hall–Kier alpha value is -1.77.